The molecule has 0 spiro atoms. The second-order valence-electron chi connectivity index (χ2n) is 4.48. The average Bonchev–Trinajstić information content (AvgIpc) is 2.84. The van der Waals surface area contributed by atoms with E-state index in [1.54, 1.807) is 4.68 Å². The number of fused-ring (bicyclic) bond motifs is 1. The zero-order chi connectivity index (χ0) is 15.4. The monoisotopic (exact) mass is 301 g/mol. The van der Waals surface area contributed by atoms with Crippen LogP contribution in [0.25, 0.3) is 10.9 Å². The highest BCUT2D eigenvalue weighted by molar-refractivity contribution is 6.34. The lowest BCUT2D eigenvalue weighted by Gasteiger charge is -2.19. The van der Waals surface area contributed by atoms with Crippen LogP contribution in [0.3, 0.4) is 0 Å². The normalized spacial score (nSPS) is 10.1. The lowest BCUT2D eigenvalue weighted by molar-refractivity contribution is 0.780. The van der Waals surface area contributed by atoms with E-state index in [0.29, 0.717) is 5.15 Å². The number of aryl methyl sites for hydroxylation is 1. The van der Waals surface area contributed by atoms with Crippen LogP contribution in [-0.2, 0) is 7.05 Å². The molecule has 3 nitrogen and oxygen atoms in total. The quantitative estimate of drug-likeness (QED) is 0.662. The Hall–Kier alpha value is -2.00. The summed E-state index contributed by atoms with van der Waals surface area (Å²) in [6, 6.07) is 16.3. The first-order valence-electron chi connectivity index (χ1n) is 7.08. The standard InChI is InChI=1S/C15H14ClN3.C2H6/c1-18(11-7-4-3-5-8-11)13-10-6-9-12-14(13)17-19(2)15(12)16;1-2/h3-10H,1-2H3;1-2H3. The third-order valence-electron chi connectivity index (χ3n) is 3.28. The van der Waals surface area contributed by atoms with Gasteiger partial charge < -0.3 is 4.90 Å². The van der Waals surface area contributed by atoms with Crippen LogP contribution in [0.2, 0.25) is 5.15 Å². The van der Waals surface area contributed by atoms with Gasteiger partial charge in [-0.2, -0.15) is 5.10 Å². The van der Waals surface area contributed by atoms with E-state index in [0.717, 1.165) is 22.3 Å². The molecular weight excluding hydrogens is 282 g/mol. The zero-order valence-electron chi connectivity index (χ0n) is 12.8. The molecule has 0 bridgehead atoms. The number of halogens is 1. The number of aromatic nitrogens is 2. The highest BCUT2D eigenvalue weighted by Crippen LogP contribution is 2.33. The minimum absolute atomic E-state index is 0.665. The molecule has 1 heterocycles. The molecule has 3 aromatic rings. The van der Waals surface area contributed by atoms with Crippen LogP contribution in [0.4, 0.5) is 11.4 Å². The summed E-state index contributed by atoms with van der Waals surface area (Å²) in [6.07, 6.45) is 0. The second kappa shape index (κ2) is 6.64. The Labute approximate surface area is 130 Å². The summed E-state index contributed by atoms with van der Waals surface area (Å²) in [5, 5.41) is 6.14. The van der Waals surface area contributed by atoms with Crippen LogP contribution in [0.1, 0.15) is 13.8 Å². The predicted molar refractivity (Wildman–Crippen MR) is 91.6 cm³/mol. The van der Waals surface area contributed by atoms with Crippen molar-refractivity contribution in [3.8, 4) is 0 Å². The van der Waals surface area contributed by atoms with Gasteiger partial charge in [-0.05, 0) is 24.3 Å². The van der Waals surface area contributed by atoms with Crippen molar-refractivity contribution < 1.29 is 0 Å². The number of hydrogen-bond acceptors (Lipinski definition) is 2. The fourth-order valence-corrected chi connectivity index (χ4v) is 2.42. The van der Waals surface area contributed by atoms with Crippen molar-refractivity contribution in [2.45, 2.75) is 13.8 Å². The molecule has 21 heavy (non-hydrogen) atoms. The third kappa shape index (κ3) is 2.88. The number of benzene rings is 2. The molecule has 4 heteroatoms. The zero-order valence-corrected chi connectivity index (χ0v) is 13.6. The van der Waals surface area contributed by atoms with E-state index in [-0.39, 0.29) is 0 Å². The van der Waals surface area contributed by atoms with Crippen molar-refractivity contribution >= 4 is 33.9 Å². The van der Waals surface area contributed by atoms with E-state index in [1.165, 1.54) is 0 Å². The summed E-state index contributed by atoms with van der Waals surface area (Å²) >= 11 is 6.25. The molecular formula is C17H20ClN3. The maximum atomic E-state index is 6.25. The van der Waals surface area contributed by atoms with Gasteiger partial charge in [-0.1, -0.05) is 49.7 Å². The van der Waals surface area contributed by atoms with Crippen LogP contribution in [-0.4, -0.2) is 16.8 Å². The molecule has 0 saturated carbocycles. The Bertz CT molecular complexity index is 719. The molecule has 0 fully saturated rings. The highest BCUT2D eigenvalue weighted by Gasteiger charge is 2.13. The number of para-hydroxylation sites is 1. The van der Waals surface area contributed by atoms with Crippen LogP contribution in [0.15, 0.2) is 48.5 Å². The van der Waals surface area contributed by atoms with Gasteiger partial charge in [0.25, 0.3) is 0 Å². The molecule has 0 radical (unpaired) electrons. The van der Waals surface area contributed by atoms with Gasteiger partial charge in [0.05, 0.1) is 5.69 Å². The second-order valence-corrected chi connectivity index (χ2v) is 4.84. The molecule has 3 rings (SSSR count). The smallest absolute Gasteiger partial charge is 0.134 e. The first kappa shape index (κ1) is 15.4. The Morgan fingerprint density at radius 3 is 2.33 bits per heavy atom. The van der Waals surface area contributed by atoms with Crippen molar-refractivity contribution in [1.29, 1.82) is 0 Å². The topological polar surface area (TPSA) is 21.1 Å². The van der Waals surface area contributed by atoms with E-state index in [1.807, 2.05) is 58.3 Å². The van der Waals surface area contributed by atoms with Crippen LogP contribution in [0.5, 0.6) is 0 Å². The van der Waals surface area contributed by atoms with Gasteiger partial charge in [0, 0.05) is 25.2 Å². The lowest BCUT2D eigenvalue weighted by Crippen LogP contribution is -2.09. The van der Waals surface area contributed by atoms with Crippen molar-refractivity contribution in [2.24, 2.45) is 7.05 Å². The van der Waals surface area contributed by atoms with E-state index in [2.05, 4.69) is 28.2 Å². The van der Waals surface area contributed by atoms with Crippen molar-refractivity contribution in [3.05, 3.63) is 53.7 Å². The van der Waals surface area contributed by atoms with Crippen LogP contribution in [0, 0.1) is 0 Å². The molecule has 1 aromatic heterocycles. The maximum absolute atomic E-state index is 6.25. The van der Waals surface area contributed by atoms with Gasteiger partial charge >= 0.3 is 0 Å². The van der Waals surface area contributed by atoms with Gasteiger partial charge in [-0.15, -0.1) is 0 Å². The first-order chi connectivity index (χ1) is 10.2. The van der Waals surface area contributed by atoms with Gasteiger partial charge in [0.1, 0.15) is 10.7 Å². The maximum Gasteiger partial charge on any atom is 0.134 e. The molecule has 0 N–H and O–H groups in total. The summed E-state index contributed by atoms with van der Waals surface area (Å²) < 4.78 is 1.70. The van der Waals surface area contributed by atoms with E-state index < -0.39 is 0 Å². The Balaban J connectivity index is 0.000000774. The third-order valence-corrected chi connectivity index (χ3v) is 3.72. The van der Waals surface area contributed by atoms with E-state index in [9.17, 15) is 0 Å². The molecule has 0 atom stereocenters. The highest BCUT2D eigenvalue weighted by atomic mass is 35.5. The minimum atomic E-state index is 0.665. The van der Waals surface area contributed by atoms with Gasteiger partial charge in [-0.3, -0.25) is 4.68 Å². The molecule has 0 amide bonds. The average molecular weight is 302 g/mol. The molecule has 0 aliphatic heterocycles. The van der Waals surface area contributed by atoms with Crippen LogP contribution >= 0.6 is 11.6 Å². The molecule has 0 saturated heterocycles. The summed E-state index contributed by atoms with van der Waals surface area (Å²) in [5.74, 6) is 0. The Morgan fingerprint density at radius 1 is 1.00 bits per heavy atom. The largest absolute Gasteiger partial charge is 0.343 e. The molecule has 2 aromatic carbocycles. The number of rotatable bonds is 2. The molecule has 0 aliphatic carbocycles. The van der Waals surface area contributed by atoms with E-state index >= 15 is 0 Å². The summed E-state index contributed by atoms with van der Waals surface area (Å²) in [4.78, 5) is 2.12. The van der Waals surface area contributed by atoms with Gasteiger partial charge in [0.2, 0.25) is 0 Å². The summed E-state index contributed by atoms with van der Waals surface area (Å²) in [5.41, 5.74) is 3.09. The summed E-state index contributed by atoms with van der Waals surface area (Å²) in [7, 11) is 3.89. The molecule has 0 unspecified atom stereocenters. The first-order valence-corrected chi connectivity index (χ1v) is 7.46. The van der Waals surface area contributed by atoms with Crippen molar-refractivity contribution in [3.63, 3.8) is 0 Å². The Kier molecular flexibility index (Phi) is 4.86. The van der Waals surface area contributed by atoms with Crippen LogP contribution < -0.4 is 4.90 Å². The fraction of sp³-hybridized carbons (Fsp3) is 0.235. The minimum Gasteiger partial charge on any atom is -0.343 e. The Morgan fingerprint density at radius 2 is 1.67 bits per heavy atom. The summed E-state index contributed by atoms with van der Waals surface area (Å²) in [6.45, 7) is 4.00. The van der Waals surface area contributed by atoms with Gasteiger partial charge in [-0.25, -0.2) is 0 Å². The SMILES string of the molecule is CC.CN(c1ccccc1)c1cccc2c(Cl)n(C)nc12. The molecule has 0 aliphatic rings. The molecule has 110 valence electrons. The van der Waals surface area contributed by atoms with Crippen molar-refractivity contribution in [2.75, 3.05) is 11.9 Å². The lowest BCUT2D eigenvalue weighted by atomic mass is 10.2. The van der Waals surface area contributed by atoms with Crippen molar-refractivity contribution in [1.82, 2.24) is 9.78 Å². The van der Waals surface area contributed by atoms with E-state index in [4.69, 9.17) is 11.6 Å². The number of hydrogen-bond donors (Lipinski definition) is 0. The fourth-order valence-electron chi connectivity index (χ4n) is 2.23. The van der Waals surface area contributed by atoms with Gasteiger partial charge in [0.15, 0.2) is 0 Å². The number of nitrogens with zero attached hydrogens (tertiary/aromatic N) is 3. The number of anilines is 2. The predicted octanol–water partition coefficient (Wildman–Crippen LogP) is 5.02.